The van der Waals surface area contributed by atoms with Crippen LogP contribution >= 0.6 is 0 Å². The summed E-state index contributed by atoms with van der Waals surface area (Å²) in [5, 5.41) is 0. The predicted molar refractivity (Wildman–Crippen MR) is 241 cm³/mol. The van der Waals surface area contributed by atoms with Crippen LogP contribution in [0.1, 0.15) is 0 Å². The highest BCUT2D eigenvalue weighted by atomic mass is 15.1. The number of hydrogen-bond acceptors (Lipinski definition) is 6. The van der Waals surface area contributed by atoms with Crippen molar-refractivity contribution in [3.63, 3.8) is 0 Å². The summed E-state index contributed by atoms with van der Waals surface area (Å²) < 4.78 is 6.16. The Morgan fingerprint density at radius 2 is 0.667 bits per heavy atom. The average molecular weight is 776 g/mol. The average Bonchev–Trinajstić information content (AvgIpc) is 3.96. The van der Waals surface area contributed by atoms with Gasteiger partial charge in [0.1, 0.15) is 34.0 Å². The molecule has 0 amide bonds. The predicted octanol–water partition coefficient (Wildman–Crippen LogP) is 11.2. The number of fused-ring (bicyclic) bond motifs is 3. The molecule has 0 fully saturated rings. The van der Waals surface area contributed by atoms with Gasteiger partial charge in [-0.25, -0.2) is 29.9 Å². The van der Waals surface area contributed by atoms with Crippen molar-refractivity contribution in [1.82, 2.24) is 43.6 Å². The van der Waals surface area contributed by atoms with Crippen LogP contribution in [0.25, 0.3) is 112 Å². The zero-order chi connectivity index (χ0) is 40.3. The molecule has 0 radical (unpaired) electrons. The minimum absolute atomic E-state index is 0.859. The van der Waals surface area contributed by atoms with Crippen molar-refractivity contribution in [2.24, 2.45) is 21.1 Å². The van der Waals surface area contributed by atoms with Crippen molar-refractivity contribution in [1.29, 1.82) is 0 Å². The quantitative estimate of drug-likeness (QED) is 0.160. The van der Waals surface area contributed by atoms with Gasteiger partial charge in [0.05, 0.1) is 0 Å². The molecule has 11 aromatic rings. The highest BCUT2D eigenvalue weighted by Crippen LogP contribution is 2.44. The third-order valence-corrected chi connectivity index (χ3v) is 11.5. The first kappa shape index (κ1) is 35.1. The lowest BCUT2D eigenvalue weighted by Gasteiger charge is -2.20. The first-order valence-corrected chi connectivity index (χ1v) is 19.9. The smallest absolute Gasteiger partial charge is 0.159 e. The molecule has 0 atom stereocenters. The lowest BCUT2D eigenvalue weighted by molar-refractivity contribution is 0.942. The Morgan fingerprint density at radius 1 is 0.317 bits per heavy atom. The van der Waals surface area contributed by atoms with Crippen LogP contribution in [0.3, 0.4) is 0 Å². The van der Waals surface area contributed by atoms with Gasteiger partial charge in [-0.2, -0.15) is 0 Å². The molecule has 9 nitrogen and oxygen atoms in total. The minimum atomic E-state index is 0.859. The molecule has 0 aliphatic heterocycles. The molecule has 5 aromatic carbocycles. The van der Waals surface area contributed by atoms with Crippen LogP contribution in [0.4, 0.5) is 0 Å². The van der Waals surface area contributed by atoms with E-state index in [1.807, 2.05) is 76.1 Å². The van der Waals surface area contributed by atoms with Gasteiger partial charge in [-0.15, -0.1) is 0 Å². The molecule has 0 spiro atoms. The van der Waals surface area contributed by atoms with Crippen LogP contribution in [0.5, 0.6) is 0 Å². The standard InChI is InChI=1S/C51H37N9/c1-58-46(55-42-12-7-27-52-49(42)58)36-21-15-32(16-22-36)39-30-40(33-17-23-37(24-18-33)47-56-43-13-8-28-53-50(43)59(47)2)45(35-10-5-4-6-11-35)41(31-39)34-19-25-38(26-20-34)48-57-44-14-9-29-54-51(44)60(48)3/h4-31H,1-3H3. The van der Waals surface area contributed by atoms with Crippen LogP contribution < -0.4 is 0 Å². The molecule has 60 heavy (non-hydrogen) atoms. The number of nitrogens with zero attached hydrogens (tertiary/aromatic N) is 9. The number of aryl methyl sites for hydroxylation is 3. The van der Waals surface area contributed by atoms with E-state index in [9.17, 15) is 0 Å². The van der Waals surface area contributed by atoms with Gasteiger partial charge in [-0.1, -0.05) is 103 Å². The van der Waals surface area contributed by atoms with Gasteiger partial charge >= 0.3 is 0 Å². The van der Waals surface area contributed by atoms with Gasteiger partial charge in [0.25, 0.3) is 0 Å². The summed E-state index contributed by atoms with van der Waals surface area (Å²) in [5.74, 6) is 2.63. The van der Waals surface area contributed by atoms with Gasteiger partial charge in [-0.05, 0) is 93.0 Å². The van der Waals surface area contributed by atoms with Crippen LogP contribution in [0, 0.1) is 0 Å². The van der Waals surface area contributed by atoms with Crippen molar-refractivity contribution in [2.45, 2.75) is 0 Å². The lowest BCUT2D eigenvalue weighted by atomic mass is 9.84. The monoisotopic (exact) mass is 775 g/mol. The Hall–Kier alpha value is -8.04. The van der Waals surface area contributed by atoms with Crippen molar-refractivity contribution in [3.05, 3.63) is 170 Å². The van der Waals surface area contributed by atoms with E-state index in [1.165, 1.54) is 0 Å². The van der Waals surface area contributed by atoms with E-state index in [0.29, 0.717) is 0 Å². The third kappa shape index (κ3) is 5.86. The summed E-state index contributed by atoms with van der Waals surface area (Å²) in [6.07, 6.45) is 5.43. The molecule has 0 saturated carbocycles. The minimum Gasteiger partial charge on any atom is -0.312 e. The van der Waals surface area contributed by atoms with Crippen molar-refractivity contribution in [3.8, 4) is 78.7 Å². The summed E-state index contributed by atoms with van der Waals surface area (Å²) in [5.41, 5.74) is 17.2. The first-order valence-electron chi connectivity index (χ1n) is 19.9. The normalized spacial score (nSPS) is 11.6. The highest BCUT2D eigenvalue weighted by molar-refractivity contribution is 5.98. The Bertz CT molecular complexity index is 3230. The number of aromatic nitrogens is 9. The molecule has 0 saturated heterocycles. The van der Waals surface area contributed by atoms with Crippen molar-refractivity contribution in [2.75, 3.05) is 0 Å². The van der Waals surface area contributed by atoms with Gasteiger partial charge < -0.3 is 13.7 Å². The summed E-state index contributed by atoms with van der Waals surface area (Å²) in [4.78, 5) is 28.5. The van der Waals surface area contributed by atoms with E-state index in [1.54, 1.807) is 0 Å². The van der Waals surface area contributed by atoms with E-state index in [2.05, 4.69) is 144 Å². The number of imidazole rings is 3. The van der Waals surface area contributed by atoms with Gasteiger partial charge in [0.15, 0.2) is 16.9 Å². The SMILES string of the molecule is Cn1c(-c2ccc(-c3cc(-c4ccc(-c5nc6cccnc6n5C)cc4)c(-c4ccccc4)c(-c4ccc(-c5nc6cccnc6n5C)cc4)c3)cc2)nc2cccnc21. The molecule has 11 rings (SSSR count). The molecule has 0 unspecified atom stereocenters. The maximum absolute atomic E-state index is 4.93. The summed E-state index contributed by atoms with van der Waals surface area (Å²) in [6.45, 7) is 0. The third-order valence-electron chi connectivity index (χ3n) is 11.5. The topological polar surface area (TPSA) is 92.1 Å². The molecular formula is C51H37N9. The number of rotatable bonds is 7. The van der Waals surface area contributed by atoms with E-state index in [4.69, 9.17) is 15.0 Å². The second-order valence-electron chi connectivity index (χ2n) is 15.1. The summed E-state index contributed by atoms with van der Waals surface area (Å²) >= 11 is 0. The second-order valence-corrected chi connectivity index (χ2v) is 15.1. The number of pyridine rings is 3. The lowest BCUT2D eigenvalue weighted by Crippen LogP contribution is -1.96. The van der Waals surface area contributed by atoms with Crippen LogP contribution in [0.15, 0.2) is 170 Å². The molecule has 0 aliphatic rings. The number of hydrogen-bond donors (Lipinski definition) is 0. The van der Waals surface area contributed by atoms with E-state index in [0.717, 1.165) is 112 Å². The molecular weight excluding hydrogens is 739 g/mol. The fourth-order valence-electron chi connectivity index (χ4n) is 8.43. The van der Waals surface area contributed by atoms with Crippen LogP contribution in [-0.4, -0.2) is 43.6 Å². The fraction of sp³-hybridized carbons (Fsp3) is 0.0588. The highest BCUT2D eigenvalue weighted by Gasteiger charge is 2.20. The fourth-order valence-corrected chi connectivity index (χ4v) is 8.43. The van der Waals surface area contributed by atoms with Crippen molar-refractivity contribution < 1.29 is 0 Å². The maximum Gasteiger partial charge on any atom is 0.159 e. The molecule has 286 valence electrons. The zero-order valence-electron chi connectivity index (χ0n) is 33.2. The van der Waals surface area contributed by atoms with E-state index < -0.39 is 0 Å². The molecule has 0 N–H and O–H groups in total. The summed E-state index contributed by atoms with van der Waals surface area (Å²) in [6, 6.07) is 53.3. The van der Waals surface area contributed by atoms with Gasteiger partial charge in [-0.3, -0.25) is 0 Å². The van der Waals surface area contributed by atoms with E-state index >= 15 is 0 Å². The summed E-state index contributed by atoms with van der Waals surface area (Å²) in [7, 11) is 6.06. The maximum atomic E-state index is 4.93. The first-order chi connectivity index (χ1) is 29.5. The van der Waals surface area contributed by atoms with Crippen LogP contribution in [0.2, 0.25) is 0 Å². The Labute approximate surface area is 346 Å². The van der Waals surface area contributed by atoms with Crippen LogP contribution in [-0.2, 0) is 21.1 Å². The number of benzene rings is 5. The van der Waals surface area contributed by atoms with Gasteiger partial charge in [0, 0.05) is 56.4 Å². The Kier molecular flexibility index (Phi) is 8.26. The van der Waals surface area contributed by atoms with E-state index in [-0.39, 0.29) is 0 Å². The largest absolute Gasteiger partial charge is 0.312 e. The molecule has 6 aromatic heterocycles. The second kappa shape index (κ2) is 14.1. The molecule has 0 bridgehead atoms. The van der Waals surface area contributed by atoms with Crippen molar-refractivity contribution >= 4 is 33.5 Å². The molecule has 6 heterocycles. The van der Waals surface area contributed by atoms with Gasteiger partial charge in [0.2, 0.25) is 0 Å². The molecule has 0 aliphatic carbocycles. The molecule has 9 heteroatoms. The Balaban J connectivity index is 1.08. The Morgan fingerprint density at radius 3 is 1.03 bits per heavy atom. The zero-order valence-corrected chi connectivity index (χ0v) is 33.2.